The molecule has 7 nitrogen and oxygen atoms in total. The smallest absolute Gasteiger partial charge is 0.344 e. The number of carbonyl (C=O) groups excluding carboxylic acids is 3. The van der Waals surface area contributed by atoms with Crippen LogP contribution >= 0.6 is 0 Å². The van der Waals surface area contributed by atoms with Crippen molar-refractivity contribution in [2.75, 3.05) is 31.6 Å². The van der Waals surface area contributed by atoms with Gasteiger partial charge in [-0.15, -0.1) is 0 Å². The molecule has 2 aromatic rings. The Morgan fingerprint density at radius 1 is 0.900 bits per heavy atom. The molecule has 0 aliphatic carbocycles. The van der Waals surface area contributed by atoms with Gasteiger partial charge in [-0.05, 0) is 75.2 Å². The molecule has 2 rings (SSSR count). The largest absolute Gasteiger partial charge is 0.482 e. The molecule has 0 aromatic heterocycles. The first-order chi connectivity index (χ1) is 14.3. The standard InChI is InChI=1S/C23H28N2O5/c1-5-25(6-2)23(28)18-7-9-19(10-8-18)24-21(26)14-30-22(27)15-29-20-12-16(3)11-17(4)13-20/h7-13H,5-6,14-15H2,1-4H3,(H,24,26). The molecule has 1 N–H and O–H groups in total. The van der Waals surface area contributed by atoms with E-state index in [1.54, 1.807) is 29.2 Å². The maximum Gasteiger partial charge on any atom is 0.344 e. The van der Waals surface area contributed by atoms with Crippen molar-refractivity contribution in [2.45, 2.75) is 27.7 Å². The summed E-state index contributed by atoms with van der Waals surface area (Å²) in [5.41, 5.74) is 3.12. The molecule has 0 saturated heterocycles. The van der Waals surface area contributed by atoms with Gasteiger partial charge in [-0.1, -0.05) is 6.07 Å². The Balaban J connectivity index is 1.78. The summed E-state index contributed by atoms with van der Waals surface area (Å²) in [7, 11) is 0. The molecule has 2 amide bonds. The molecular formula is C23H28N2O5. The summed E-state index contributed by atoms with van der Waals surface area (Å²) in [6.45, 7) is 8.28. The van der Waals surface area contributed by atoms with Crippen LogP contribution in [0.1, 0.15) is 35.3 Å². The van der Waals surface area contributed by atoms with Crippen LogP contribution in [0.15, 0.2) is 42.5 Å². The normalized spacial score (nSPS) is 10.3. The zero-order valence-electron chi connectivity index (χ0n) is 17.9. The zero-order chi connectivity index (χ0) is 22.1. The molecule has 160 valence electrons. The van der Waals surface area contributed by atoms with Crippen LogP contribution < -0.4 is 10.1 Å². The van der Waals surface area contributed by atoms with Gasteiger partial charge in [-0.3, -0.25) is 9.59 Å². The van der Waals surface area contributed by atoms with E-state index in [1.807, 2.05) is 45.9 Å². The number of ether oxygens (including phenoxy) is 2. The highest BCUT2D eigenvalue weighted by Gasteiger charge is 2.13. The minimum absolute atomic E-state index is 0.0596. The van der Waals surface area contributed by atoms with Crippen LogP contribution in [0, 0.1) is 13.8 Å². The summed E-state index contributed by atoms with van der Waals surface area (Å²) < 4.78 is 10.4. The zero-order valence-corrected chi connectivity index (χ0v) is 17.9. The Morgan fingerprint density at radius 3 is 2.07 bits per heavy atom. The van der Waals surface area contributed by atoms with Crippen molar-refractivity contribution < 1.29 is 23.9 Å². The highest BCUT2D eigenvalue weighted by molar-refractivity contribution is 5.96. The van der Waals surface area contributed by atoms with Crippen molar-refractivity contribution in [3.63, 3.8) is 0 Å². The number of anilines is 1. The molecule has 0 atom stereocenters. The molecule has 0 spiro atoms. The molecule has 0 aliphatic heterocycles. The highest BCUT2D eigenvalue weighted by Crippen LogP contribution is 2.16. The van der Waals surface area contributed by atoms with Crippen molar-refractivity contribution in [1.82, 2.24) is 4.90 Å². The fraction of sp³-hybridized carbons (Fsp3) is 0.348. The number of hydrogen-bond donors (Lipinski definition) is 1. The van der Waals surface area contributed by atoms with Gasteiger partial charge in [-0.25, -0.2) is 4.79 Å². The Kier molecular flexibility index (Phi) is 8.41. The average Bonchev–Trinajstić information content (AvgIpc) is 2.71. The van der Waals surface area contributed by atoms with E-state index in [0.29, 0.717) is 30.1 Å². The summed E-state index contributed by atoms with van der Waals surface area (Å²) in [6.07, 6.45) is 0. The summed E-state index contributed by atoms with van der Waals surface area (Å²) >= 11 is 0. The topological polar surface area (TPSA) is 84.9 Å². The van der Waals surface area contributed by atoms with Gasteiger partial charge in [0.15, 0.2) is 13.2 Å². The van der Waals surface area contributed by atoms with Gasteiger partial charge in [0.05, 0.1) is 0 Å². The van der Waals surface area contributed by atoms with E-state index in [2.05, 4.69) is 5.32 Å². The van der Waals surface area contributed by atoms with Gasteiger partial charge in [0.25, 0.3) is 11.8 Å². The van der Waals surface area contributed by atoms with Gasteiger partial charge in [0.2, 0.25) is 0 Å². The second-order valence-corrected chi connectivity index (χ2v) is 6.88. The van der Waals surface area contributed by atoms with E-state index >= 15 is 0 Å². The second kappa shape index (κ2) is 11.0. The summed E-state index contributed by atoms with van der Waals surface area (Å²) in [5.74, 6) is -0.592. The molecule has 0 aliphatic rings. The number of carbonyl (C=O) groups is 3. The lowest BCUT2D eigenvalue weighted by Crippen LogP contribution is -2.30. The first-order valence-electron chi connectivity index (χ1n) is 9.88. The Morgan fingerprint density at radius 2 is 1.50 bits per heavy atom. The third kappa shape index (κ3) is 6.92. The molecule has 0 bridgehead atoms. The number of aryl methyl sites for hydroxylation is 2. The summed E-state index contributed by atoms with van der Waals surface area (Å²) in [6, 6.07) is 12.2. The maximum absolute atomic E-state index is 12.3. The van der Waals surface area contributed by atoms with Gasteiger partial charge in [0, 0.05) is 24.3 Å². The number of rotatable bonds is 9. The first kappa shape index (κ1) is 22.9. The summed E-state index contributed by atoms with van der Waals surface area (Å²) in [4.78, 5) is 37.8. The second-order valence-electron chi connectivity index (χ2n) is 6.88. The lowest BCUT2D eigenvalue weighted by Gasteiger charge is -2.18. The number of benzene rings is 2. The van der Waals surface area contributed by atoms with Crippen molar-refractivity contribution in [3.8, 4) is 5.75 Å². The number of esters is 1. The van der Waals surface area contributed by atoms with Crippen molar-refractivity contribution in [2.24, 2.45) is 0 Å². The van der Waals surface area contributed by atoms with Crippen LogP contribution in [0.3, 0.4) is 0 Å². The van der Waals surface area contributed by atoms with Gasteiger partial charge >= 0.3 is 5.97 Å². The first-order valence-corrected chi connectivity index (χ1v) is 9.88. The van der Waals surface area contributed by atoms with E-state index in [1.165, 1.54) is 0 Å². The molecule has 2 aromatic carbocycles. The third-order valence-corrected chi connectivity index (χ3v) is 4.38. The molecule has 0 fully saturated rings. The Bertz CT molecular complexity index is 869. The Hall–Kier alpha value is -3.35. The lowest BCUT2D eigenvalue weighted by molar-refractivity contribution is -0.149. The molecule has 7 heteroatoms. The third-order valence-electron chi connectivity index (χ3n) is 4.38. The molecule has 30 heavy (non-hydrogen) atoms. The SMILES string of the molecule is CCN(CC)C(=O)c1ccc(NC(=O)COC(=O)COc2cc(C)cc(C)c2)cc1. The quantitative estimate of drug-likeness (QED) is 0.639. The van der Waals surface area contributed by atoms with Gasteiger partial charge in [0.1, 0.15) is 5.75 Å². The van der Waals surface area contributed by atoms with Crippen LogP contribution in [-0.2, 0) is 14.3 Å². The fourth-order valence-corrected chi connectivity index (χ4v) is 2.93. The predicted molar refractivity (Wildman–Crippen MR) is 115 cm³/mol. The predicted octanol–water partition coefficient (Wildman–Crippen LogP) is 3.35. The van der Waals surface area contributed by atoms with E-state index in [-0.39, 0.29) is 12.5 Å². The van der Waals surface area contributed by atoms with Crippen molar-refractivity contribution in [3.05, 3.63) is 59.2 Å². The Labute approximate surface area is 177 Å². The van der Waals surface area contributed by atoms with Crippen LogP contribution in [0.25, 0.3) is 0 Å². The number of nitrogens with one attached hydrogen (secondary N) is 1. The van der Waals surface area contributed by atoms with Crippen molar-refractivity contribution >= 4 is 23.5 Å². The minimum atomic E-state index is -0.635. The highest BCUT2D eigenvalue weighted by atomic mass is 16.6. The summed E-state index contributed by atoms with van der Waals surface area (Å²) in [5, 5.41) is 2.63. The van der Waals surface area contributed by atoms with Gasteiger partial charge in [-0.2, -0.15) is 0 Å². The lowest BCUT2D eigenvalue weighted by atomic mass is 10.1. The molecule has 0 heterocycles. The number of amides is 2. The minimum Gasteiger partial charge on any atom is -0.482 e. The fourth-order valence-electron chi connectivity index (χ4n) is 2.93. The number of nitrogens with zero attached hydrogens (tertiary/aromatic N) is 1. The van der Waals surface area contributed by atoms with Crippen LogP contribution in [0.2, 0.25) is 0 Å². The van der Waals surface area contributed by atoms with E-state index in [9.17, 15) is 14.4 Å². The number of hydrogen-bond acceptors (Lipinski definition) is 5. The van der Waals surface area contributed by atoms with E-state index in [0.717, 1.165) is 11.1 Å². The van der Waals surface area contributed by atoms with Crippen LogP contribution in [0.5, 0.6) is 5.75 Å². The maximum atomic E-state index is 12.3. The van der Waals surface area contributed by atoms with Crippen LogP contribution in [-0.4, -0.2) is 49.0 Å². The molecule has 0 radical (unpaired) electrons. The van der Waals surface area contributed by atoms with Crippen molar-refractivity contribution in [1.29, 1.82) is 0 Å². The molecule has 0 unspecified atom stereocenters. The van der Waals surface area contributed by atoms with E-state index in [4.69, 9.17) is 9.47 Å². The monoisotopic (exact) mass is 412 g/mol. The van der Waals surface area contributed by atoms with Crippen LogP contribution in [0.4, 0.5) is 5.69 Å². The van der Waals surface area contributed by atoms with Gasteiger partial charge < -0.3 is 19.7 Å². The molecule has 0 saturated carbocycles. The van der Waals surface area contributed by atoms with E-state index < -0.39 is 18.5 Å². The average molecular weight is 412 g/mol. The molecular weight excluding hydrogens is 384 g/mol.